The number of aromatic nitrogens is 2. The van der Waals surface area contributed by atoms with Crippen LogP contribution in [-0.2, 0) is 27.9 Å². The summed E-state index contributed by atoms with van der Waals surface area (Å²) in [7, 11) is -1.41. The molecule has 17 heavy (non-hydrogen) atoms. The predicted molar refractivity (Wildman–Crippen MR) is 66.0 cm³/mol. The summed E-state index contributed by atoms with van der Waals surface area (Å²) in [5.74, 6) is -0.898. The lowest BCUT2D eigenvalue weighted by atomic mass is 10.1. The third-order valence-electron chi connectivity index (χ3n) is 2.45. The minimum atomic E-state index is -1.41. The average Bonchev–Trinajstić information content (AvgIpc) is 2.64. The lowest BCUT2D eigenvalue weighted by Gasteiger charge is -2.14. The first-order valence-corrected chi connectivity index (χ1v) is 6.95. The number of nitrogens with zero attached hydrogens (tertiary/aromatic N) is 2. The highest BCUT2D eigenvalue weighted by molar-refractivity contribution is 7.85. The quantitative estimate of drug-likeness (QED) is 0.833. The lowest BCUT2D eigenvalue weighted by Crippen LogP contribution is -2.31. The van der Waals surface area contributed by atoms with Crippen molar-refractivity contribution >= 4 is 16.8 Å². The van der Waals surface area contributed by atoms with Crippen LogP contribution in [-0.4, -0.2) is 30.3 Å². The molecule has 0 amide bonds. The molecule has 0 saturated carbocycles. The first kappa shape index (κ1) is 13.9. The summed E-state index contributed by atoms with van der Waals surface area (Å²) in [4.78, 5) is 11.0. The molecule has 6 heteroatoms. The minimum Gasteiger partial charge on any atom is -0.480 e. The van der Waals surface area contributed by atoms with Gasteiger partial charge >= 0.3 is 5.97 Å². The Balaban J connectivity index is 2.73. The molecule has 0 saturated heterocycles. The highest BCUT2D eigenvalue weighted by Gasteiger charge is 2.28. The smallest absolute Gasteiger partial charge is 0.319 e. The molecule has 5 nitrogen and oxygen atoms in total. The van der Waals surface area contributed by atoms with Crippen molar-refractivity contribution in [2.24, 2.45) is 5.92 Å². The Morgan fingerprint density at radius 2 is 2.24 bits per heavy atom. The van der Waals surface area contributed by atoms with Gasteiger partial charge < -0.3 is 5.11 Å². The molecule has 0 aromatic carbocycles. The number of carboxylic acids is 1. The van der Waals surface area contributed by atoms with Gasteiger partial charge in [-0.3, -0.25) is 13.7 Å². The van der Waals surface area contributed by atoms with E-state index in [1.807, 2.05) is 6.92 Å². The van der Waals surface area contributed by atoms with Crippen molar-refractivity contribution in [3.63, 3.8) is 0 Å². The number of rotatable bonds is 6. The SMILES string of the molecule is CCn1cc(CS(=O)C(C(=O)O)C(C)C)cn1. The Kier molecular flexibility index (Phi) is 4.86. The van der Waals surface area contributed by atoms with Crippen molar-refractivity contribution in [3.05, 3.63) is 18.0 Å². The van der Waals surface area contributed by atoms with E-state index in [0.29, 0.717) is 0 Å². The van der Waals surface area contributed by atoms with Gasteiger partial charge in [0.2, 0.25) is 0 Å². The second-order valence-corrected chi connectivity index (χ2v) is 5.79. The van der Waals surface area contributed by atoms with Crippen LogP contribution in [0.1, 0.15) is 26.3 Å². The van der Waals surface area contributed by atoms with Crippen LogP contribution in [0.4, 0.5) is 0 Å². The van der Waals surface area contributed by atoms with Gasteiger partial charge in [0.25, 0.3) is 0 Å². The Bertz CT molecular complexity index is 415. The maximum atomic E-state index is 12.0. The van der Waals surface area contributed by atoms with Crippen molar-refractivity contribution in [3.8, 4) is 0 Å². The number of aliphatic carboxylic acids is 1. The lowest BCUT2D eigenvalue weighted by molar-refractivity contribution is -0.137. The molecule has 1 N–H and O–H groups in total. The van der Waals surface area contributed by atoms with E-state index in [1.165, 1.54) is 0 Å². The molecule has 0 aliphatic heterocycles. The van der Waals surface area contributed by atoms with Crippen LogP contribution in [0.2, 0.25) is 0 Å². The third kappa shape index (κ3) is 3.66. The van der Waals surface area contributed by atoms with Crippen LogP contribution in [0.5, 0.6) is 0 Å². The van der Waals surface area contributed by atoms with Gasteiger partial charge in [0.05, 0.1) is 11.9 Å². The summed E-state index contributed by atoms with van der Waals surface area (Å²) in [6.07, 6.45) is 3.44. The first-order chi connectivity index (χ1) is 7.95. The van der Waals surface area contributed by atoms with E-state index in [0.717, 1.165) is 12.1 Å². The molecule has 1 rings (SSSR count). The summed E-state index contributed by atoms with van der Waals surface area (Å²) in [6.45, 7) is 6.25. The summed E-state index contributed by atoms with van der Waals surface area (Å²) in [5.41, 5.74) is 0.817. The molecular formula is C11H18N2O3S. The minimum absolute atomic E-state index is 0.144. The van der Waals surface area contributed by atoms with Crippen LogP contribution >= 0.6 is 0 Å². The van der Waals surface area contributed by atoms with E-state index in [-0.39, 0.29) is 11.7 Å². The average molecular weight is 258 g/mol. The molecule has 1 heterocycles. The predicted octanol–water partition coefficient (Wildman–Crippen LogP) is 1.26. The molecule has 2 unspecified atom stereocenters. The Morgan fingerprint density at radius 1 is 1.59 bits per heavy atom. The zero-order valence-corrected chi connectivity index (χ0v) is 11.1. The number of aryl methyl sites for hydroxylation is 1. The molecular weight excluding hydrogens is 240 g/mol. The van der Waals surface area contributed by atoms with Gasteiger partial charge in [0, 0.05) is 29.1 Å². The summed E-state index contributed by atoms with van der Waals surface area (Å²) < 4.78 is 13.7. The summed E-state index contributed by atoms with van der Waals surface area (Å²) in [6, 6.07) is 0. The topological polar surface area (TPSA) is 72.2 Å². The number of hydrogen-bond acceptors (Lipinski definition) is 3. The molecule has 0 aliphatic carbocycles. The Hall–Kier alpha value is -1.17. The zero-order chi connectivity index (χ0) is 13.0. The molecule has 1 aromatic rings. The monoisotopic (exact) mass is 258 g/mol. The van der Waals surface area contributed by atoms with Crippen molar-refractivity contribution in [2.45, 2.75) is 38.3 Å². The van der Waals surface area contributed by atoms with Crippen LogP contribution in [0.15, 0.2) is 12.4 Å². The van der Waals surface area contributed by atoms with Crippen LogP contribution in [0.3, 0.4) is 0 Å². The van der Waals surface area contributed by atoms with Gasteiger partial charge in [0.1, 0.15) is 5.25 Å². The van der Waals surface area contributed by atoms with Gasteiger partial charge in [0.15, 0.2) is 0 Å². The second kappa shape index (κ2) is 5.95. The van der Waals surface area contributed by atoms with E-state index >= 15 is 0 Å². The maximum Gasteiger partial charge on any atom is 0.319 e. The van der Waals surface area contributed by atoms with E-state index in [4.69, 9.17) is 5.11 Å². The fourth-order valence-electron chi connectivity index (χ4n) is 1.61. The van der Waals surface area contributed by atoms with E-state index < -0.39 is 22.0 Å². The number of carbonyl (C=O) groups is 1. The molecule has 1 aromatic heterocycles. The molecule has 0 radical (unpaired) electrons. The third-order valence-corrected chi connectivity index (χ3v) is 4.38. The van der Waals surface area contributed by atoms with E-state index in [2.05, 4.69) is 5.10 Å². The van der Waals surface area contributed by atoms with Gasteiger partial charge in [-0.15, -0.1) is 0 Å². The normalized spacial score (nSPS) is 14.8. The molecule has 0 spiro atoms. The number of hydrogen-bond donors (Lipinski definition) is 1. The van der Waals surface area contributed by atoms with Crippen molar-refractivity contribution < 1.29 is 14.1 Å². The highest BCUT2D eigenvalue weighted by Crippen LogP contribution is 2.14. The van der Waals surface area contributed by atoms with Gasteiger partial charge in [-0.05, 0) is 12.8 Å². The maximum absolute atomic E-state index is 12.0. The van der Waals surface area contributed by atoms with Crippen LogP contribution in [0, 0.1) is 5.92 Å². The summed E-state index contributed by atoms with van der Waals surface area (Å²) >= 11 is 0. The zero-order valence-electron chi connectivity index (χ0n) is 10.3. The molecule has 96 valence electrons. The van der Waals surface area contributed by atoms with Gasteiger partial charge in [-0.1, -0.05) is 13.8 Å². The molecule has 0 aliphatic rings. The Morgan fingerprint density at radius 3 is 2.65 bits per heavy atom. The summed E-state index contributed by atoms with van der Waals surface area (Å²) in [5, 5.41) is 12.3. The van der Waals surface area contributed by atoms with Gasteiger partial charge in [-0.2, -0.15) is 5.10 Å². The first-order valence-electron chi connectivity index (χ1n) is 5.57. The molecule has 0 fully saturated rings. The molecule has 2 atom stereocenters. The van der Waals surface area contributed by atoms with Crippen molar-refractivity contribution in [2.75, 3.05) is 0 Å². The fourth-order valence-corrected chi connectivity index (χ4v) is 3.10. The standard InChI is InChI=1S/C11H18N2O3S/c1-4-13-6-9(5-12-13)7-17(16)10(8(2)3)11(14)15/h5-6,8,10H,4,7H2,1-3H3,(H,14,15). The largest absolute Gasteiger partial charge is 0.480 e. The van der Waals surface area contributed by atoms with Crippen molar-refractivity contribution in [1.82, 2.24) is 9.78 Å². The number of carboxylic acid groups (broad SMARTS) is 1. The van der Waals surface area contributed by atoms with Crippen LogP contribution < -0.4 is 0 Å². The second-order valence-electron chi connectivity index (χ2n) is 4.23. The van der Waals surface area contributed by atoms with Crippen LogP contribution in [0.25, 0.3) is 0 Å². The highest BCUT2D eigenvalue weighted by atomic mass is 32.2. The van der Waals surface area contributed by atoms with Crippen molar-refractivity contribution in [1.29, 1.82) is 0 Å². The molecule has 0 bridgehead atoms. The fraction of sp³-hybridized carbons (Fsp3) is 0.636. The Labute approximate surface area is 103 Å². The van der Waals surface area contributed by atoms with Gasteiger partial charge in [-0.25, -0.2) is 0 Å². The van der Waals surface area contributed by atoms with E-state index in [1.54, 1.807) is 30.9 Å². The van der Waals surface area contributed by atoms with E-state index in [9.17, 15) is 9.00 Å².